The summed E-state index contributed by atoms with van der Waals surface area (Å²) in [6.45, 7) is 1.97. The number of nitrogens with zero attached hydrogens (tertiary/aromatic N) is 1. The van der Waals surface area contributed by atoms with Crippen molar-refractivity contribution in [3.63, 3.8) is 0 Å². The predicted octanol–water partition coefficient (Wildman–Crippen LogP) is 2.54. The van der Waals surface area contributed by atoms with Gasteiger partial charge in [0.05, 0.1) is 0 Å². The van der Waals surface area contributed by atoms with Gasteiger partial charge in [-0.3, -0.25) is 4.99 Å². The molecule has 0 aromatic heterocycles. The summed E-state index contributed by atoms with van der Waals surface area (Å²) in [5.74, 6) is 0. The average molecular weight is 123 g/mol. The minimum Gasteiger partial charge on any atom is -0.266 e. The molecule has 0 unspecified atom stereocenters. The van der Waals surface area contributed by atoms with Crippen LogP contribution in [0.1, 0.15) is 32.6 Å². The van der Waals surface area contributed by atoms with E-state index in [0.717, 1.165) is 0 Å². The van der Waals surface area contributed by atoms with Gasteiger partial charge in [-0.1, -0.05) is 6.08 Å². The molecule has 9 heavy (non-hydrogen) atoms. The lowest BCUT2D eigenvalue weighted by Gasteiger charge is -2.06. The van der Waals surface area contributed by atoms with Crippen LogP contribution in [-0.2, 0) is 0 Å². The van der Waals surface area contributed by atoms with E-state index in [1.807, 2.05) is 13.1 Å². The fraction of sp³-hybridized carbons (Fsp3) is 0.625. The van der Waals surface area contributed by atoms with Gasteiger partial charge < -0.3 is 0 Å². The fourth-order valence-corrected chi connectivity index (χ4v) is 1.10. The Morgan fingerprint density at radius 2 is 2.44 bits per heavy atom. The summed E-state index contributed by atoms with van der Waals surface area (Å²) in [4.78, 5) is 4.22. The molecule has 0 atom stereocenters. The average Bonchev–Trinajstić information content (AvgIpc) is 1.91. The molecule has 0 bridgehead atoms. The van der Waals surface area contributed by atoms with Crippen LogP contribution < -0.4 is 0 Å². The molecule has 50 valence electrons. The van der Waals surface area contributed by atoms with Gasteiger partial charge in [0.2, 0.25) is 0 Å². The van der Waals surface area contributed by atoms with Gasteiger partial charge in [0, 0.05) is 11.9 Å². The van der Waals surface area contributed by atoms with Gasteiger partial charge in [-0.05, 0) is 32.6 Å². The molecule has 0 saturated heterocycles. The van der Waals surface area contributed by atoms with Crippen molar-refractivity contribution in [1.29, 1.82) is 0 Å². The quantitative estimate of drug-likeness (QED) is 0.475. The van der Waals surface area contributed by atoms with Crippen LogP contribution in [0.2, 0.25) is 0 Å². The molecule has 1 aliphatic rings. The third kappa shape index (κ3) is 2.00. The highest BCUT2D eigenvalue weighted by molar-refractivity contribution is 5.55. The highest BCUT2D eigenvalue weighted by Gasteiger charge is 1.99. The first-order valence-electron chi connectivity index (χ1n) is 3.61. The number of hydrogen-bond donors (Lipinski definition) is 0. The highest BCUT2D eigenvalue weighted by atomic mass is 14.7. The van der Waals surface area contributed by atoms with Gasteiger partial charge in [0.1, 0.15) is 0 Å². The zero-order chi connectivity index (χ0) is 6.53. The summed E-state index contributed by atoms with van der Waals surface area (Å²) >= 11 is 0. The molecule has 1 nitrogen and oxygen atoms in total. The lowest BCUT2D eigenvalue weighted by molar-refractivity contribution is 0.697. The molecular formula is C8H13N. The summed E-state index contributed by atoms with van der Waals surface area (Å²) in [6, 6.07) is 0. The van der Waals surface area contributed by atoms with Crippen molar-refractivity contribution in [2.75, 3.05) is 0 Å². The topological polar surface area (TPSA) is 12.4 Å². The van der Waals surface area contributed by atoms with Crippen LogP contribution in [0.3, 0.4) is 0 Å². The Bertz CT molecular complexity index is 134. The van der Waals surface area contributed by atoms with Gasteiger partial charge in [0.15, 0.2) is 0 Å². The Morgan fingerprint density at radius 1 is 1.56 bits per heavy atom. The number of rotatable bonds is 1. The summed E-state index contributed by atoms with van der Waals surface area (Å²) in [5, 5.41) is 0. The standard InChI is InChI=1S/C8H13N/c1-2-9-8-6-4-3-5-7-8/h2,6H,3-5,7H2,1H3. The Morgan fingerprint density at radius 3 is 3.00 bits per heavy atom. The van der Waals surface area contributed by atoms with Gasteiger partial charge in [-0.25, -0.2) is 0 Å². The molecule has 0 N–H and O–H groups in total. The van der Waals surface area contributed by atoms with Gasteiger partial charge >= 0.3 is 0 Å². The van der Waals surface area contributed by atoms with Crippen LogP contribution in [0.25, 0.3) is 0 Å². The molecule has 1 heteroatoms. The number of aliphatic imine (C=N–C) groups is 1. The maximum absolute atomic E-state index is 4.22. The van der Waals surface area contributed by atoms with Crippen LogP contribution in [0.15, 0.2) is 16.8 Å². The molecule has 0 saturated carbocycles. The summed E-state index contributed by atoms with van der Waals surface area (Å²) in [5.41, 5.74) is 1.28. The fourth-order valence-electron chi connectivity index (χ4n) is 1.10. The van der Waals surface area contributed by atoms with Crippen molar-refractivity contribution in [2.24, 2.45) is 4.99 Å². The molecule has 1 aliphatic carbocycles. The SMILES string of the molecule is CC=NC1=CCCCC1. The van der Waals surface area contributed by atoms with Crippen molar-refractivity contribution >= 4 is 6.21 Å². The van der Waals surface area contributed by atoms with Crippen molar-refractivity contribution in [3.8, 4) is 0 Å². The Balaban J connectivity index is 2.46. The number of allylic oxidation sites excluding steroid dienone is 2. The zero-order valence-electron chi connectivity index (χ0n) is 5.93. The summed E-state index contributed by atoms with van der Waals surface area (Å²) in [7, 11) is 0. The molecule has 0 spiro atoms. The monoisotopic (exact) mass is 123 g/mol. The third-order valence-electron chi connectivity index (χ3n) is 1.56. The van der Waals surface area contributed by atoms with E-state index in [1.54, 1.807) is 0 Å². The minimum absolute atomic E-state index is 1.18. The zero-order valence-corrected chi connectivity index (χ0v) is 5.93. The Hall–Kier alpha value is -0.590. The lowest BCUT2D eigenvalue weighted by atomic mass is 10.1. The van der Waals surface area contributed by atoms with E-state index in [-0.39, 0.29) is 0 Å². The van der Waals surface area contributed by atoms with Gasteiger partial charge in [0.25, 0.3) is 0 Å². The van der Waals surface area contributed by atoms with Crippen molar-refractivity contribution < 1.29 is 0 Å². The van der Waals surface area contributed by atoms with Gasteiger partial charge in [-0.2, -0.15) is 0 Å². The van der Waals surface area contributed by atoms with Crippen LogP contribution in [-0.4, -0.2) is 6.21 Å². The first-order chi connectivity index (χ1) is 4.43. The molecule has 0 heterocycles. The second kappa shape index (κ2) is 3.44. The second-order valence-electron chi connectivity index (χ2n) is 2.33. The van der Waals surface area contributed by atoms with E-state index in [4.69, 9.17) is 0 Å². The highest BCUT2D eigenvalue weighted by Crippen LogP contribution is 2.17. The van der Waals surface area contributed by atoms with E-state index in [2.05, 4.69) is 11.1 Å². The first kappa shape index (κ1) is 6.53. The molecule has 0 aliphatic heterocycles. The molecule has 0 amide bonds. The lowest BCUT2D eigenvalue weighted by Crippen LogP contribution is -1.88. The smallest absolute Gasteiger partial charge is 0.0359 e. The normalized spacial score (nSPS) is 20.3. The van der Waals surface area contributed by atoms with E-state index in [9.17, 15) is 0 Å². The van der Waals surface area contributed by atoms with Crippen molar-refractivity contribution in [2.45, 2.75) is 32.6 Å². The minimum atomic E-state index is 1.18. The molecule has 0 aromatic carbocycles. The third-order valence-corrected chi connectivity index (χ3v) is 1.56. The molecular weight excluding hydrogens is 110 g/mol. The Labute approximate surface area is 56.5 Å². The first-order valence-corrected chi connectivity index (χ1v) is 3.61. The van der Waals surface area contributed by atoms with Gasteiger partial charge in [-0.15, -0.1) is 0 Å². The number of hydrogen-bond acceptors (Lipinski definition) is 1. The summed E-state index contributed by atoms with van der Waals surface area (Å²) in [6.07, 6.45) is 9.20. The second-order valence-corrected chi connectivity index (χ2v) is 2.33. The van der Waals surface area contributed by atoms with Crippen LogP contribution in [0.4, 0.5) is 0 Å². The van der Waals surface area contributed by atoms with E-state index < -0.39 is 0 Å². The molecule has 0 radical (unpaired) electrons. The van der Waals surface area contributed by atoms with E-state index in [1.165, 1.54) is 31.4 Å². The maximum Gasteiger partial charge on any atom is 0.0359 e. The van der Waals surface area contributed by atoms with Crippen LogP contribution in [0.5, 0.6) is 0 Å². The molecule has 0 aromatic rings. The van der Waals surface area contributed by atoms with Crippen molar-refractivity contribution in [3.05, 3.63) is 11.8 Å². The largest absolute Gasteiger partial charge is 0.266 e. The van der Waals surface area contributed by atoms with Crippen LogP contribution >= 0.6 is 0 Å². The predicted molar refractivity (Wildman–Crippen MR) is 40.7 cm³/mol. The van der Waals surface area contributed by atoms with E-state index in [0.29, 0.717) is 0 Å². The molecule has 1 rings (SSSR count). The molecule has 0 fully saturated rings. The Kier molecular flexibility index (Phi) is 2.49. The van der Waals surface area contributed by atoms with E-state index >= 15 is 0 Å². The summed E-state index contributed by atoms with van der Waals surface area (Å²) < 4.78 is 0. The van der Waals surface area contributed by atoms with Crippen LogP contribution in [0, 0.1) is 0 Å². The van der Waals surface area contributed by atoms with Crippen molar-refractivity contribution in [1.82, 2.24) is 0 Å². The maximum atomic E-state index is 4.22.